The molecule has 174 valence electrons. The molecule has 0 spiro atoms. The molecule has 0 saturated carbocycles. The summed E-state index contributed by atoms with van der Waals surface area (Å²) in [5.41, 5.74) is 1.81. The zero-order valence-corrected chi connectivity index (χ0v) is 18.3. The van der Waals surface area contributed by atoms with Gasteiger partial charge in [0.05, 0.1) is 18.4 Å². The quantitative estimate of drug-likeness (QED) is 0.583. The van der Waals surface area contributed by atoms with Crippen LogP contribution in [0.3, 0.4) is 0 Å². The van der Waals surface area contributed by atoms with Crippen molar-refractivity contribution in [3.05, 3.63) is 53.2 Å². The van der Waals surface area contributed by atoms with Crippen LogP contribution in [-0.2, 0) is 24.1 Å². The van der Waals surface area contributed by atoms with Crippen molar-refractivity contribution in [2.75, 3.05) is 22.1 Å². The van der Waals surface area contributed by atoms with Gasteiger partial charge < -0.3 is 15.5 Å². The molecule has 0 unspecified atom stereocenters. The van der Waals surface area contributed by atoms with Gasteiger partial charge in [-0.25, -0.2) is 4.98 Å². The fraction of sp³-hybridized carbons (Fsp3) is 0.381. The van der Waals surface area contributed by atoms with E-state index in [0.717, 1.165) is 11.6 Å². The van der Waals surface area contributed by atoms with E-state index in [1.807, 2.05) is 25.7 Å². The van der Waals surface area contributed by atoms with Gasteiger partial charge in [-0.3, -0.25) is 14.5 Å². The predicted octanol–water partition coefficient (Wildman–Crippen LogP) is 3.22. The minimum absolute atomic E-state index is 0.0904. The molecule has 0 saturated heterocycles. The molecule has 2 N–H and O–H groups in total. The Bertz CT molecular complexity index is 1160. The Morgan fingerprint density at radius 1 is 1.18 bits per heavy atom. The van der Waals surface area contributed by atoms with Crippen molar-refractivity contribution in [2.24, 2.45) is 0 Å². The van der Waals surface area contributed by atoms with Crippen LogP contribution in [0.25, 0.3) is 0 Å². The summed E-state index contributed by atoms with van der Waals surface area (Å²) < 4.78 is 39.6. The number of nitrogens with one attached hydrogen (secondary N) is 2. The molecular weight excluding hydrogens is 437 g/mol. The standard InChI is InChI=1S/C21H23F3N8O/c1-4-32-13(3)19(33)29-17-12(2)28-20(30-18(17)32)26-8-15-9-27-31(11-15)10-14-5-6-16(25-7-14)21(22,23)24/h5-7,9,11,13H,4,8,10H2,1-3H3,(H,29,33)(H,26,28,30)/t13-/m0/s1. The third-order valence-corrected chi connectivity index (χ3v) is 5.38. The summed E-state index contributed by atoms with van der Waals surface area (Å²) in [6.07, 6.45) is 0.191. The highest BCUT2D eigenvalue weighted by Crippen LogP contribution is 2.33. The van der Waals surface area contributed by atoms with Gasteiger partial charge >= 0.3 is 6.18 Å². The molecule has 1 aliphatic rings. The highest BCUT2D eigenvalue weighted by Gasteiger charge is 2.32. The average molecular weight is 460 g/mol. The molecule has 0 fully saturated rings. The topological polar surface area (TPSA) is 101 Å². The van der Waals surface area contributed by atoms with Gasteiger partial charge in [0.25, 0.3) is 0 Å². The maximum Gasteiger partial charge on any atom is 0.433 e. The molecular formula is C21H23F3N8O. The van der Waals surface area contributed by atoms with Crippen LogP contribution in [0.1, 0.15) is 36.4 Å². The van der Waals surface area contributed by atoms with E-state index in [1.54, 1.807) is 17.1 Å². The van der Waals surface area contributed by atoms with E-state index >= 15 is 0 Å². The van der Waals surface area contributed by atoms with Gasteiger partial charge in [0.2, 0.25) is 11.9 Å². The molecule has 0 aromatic carbocycles. The Hall–Kier alpha value is -3.70. The summed E-state index contributed by atoms with van der Waals surface area (Å²) in [7, 11) is 0. The molecule has 9 nitrogen and oxygen atoms in total. The van der Waals surface area contributed by atoms with Crippen LogP contribution in [0.5, 0.6) is 0 Å². The van der Waals surface area contributed by atoms with Gasteiger partial charge in [0.15, 0.2) is 5.82 Å². The fourth-order valence-corrected chi connectivity index (χ4v) is 3.61. The molecule has 0 aliphatic carbocycles. The summed E-state index contributed by atoms with van der Waals surface area (Å²) in [6.45, 7) is 6.92. The highest BCUT2D eigenvalue weighted by molar-refractivity contribution is 6.03. The van der Waals surface area contributed by atoms with Gasteiger partial charge in [-0.2, -0.15) is 23.3 Å². The smallest absolute Gasteiger partial charge is 0.350 e. The minimum Gasteiger partial charge on any atom is -0.350 e. The SMILES string of the molecule is CCN1c2nc(NCc3cnn(Cc4ccc(C(F)(F)F)nc4)c3)nc(C)c2NC(=O)[C@@H]1C. The normalized spacial score (nSPS) is 15.9. The minimum atomic E-state index is -4.46. The second kappa shape index (κ2) is 8.68. The number of pyridine rings is 1. The monoisotopic (exact) mass is 460 g/mol. The number of fused-ring (bicyclic) bond motifs is 1. The predicted molar refractivity (Wildman–Crippen MR) is 116 cm³/mol. The number of carbonyl (C=O) groups is 1. The number of aromatic nitrogens is 5. The molecule has 0 radical (unpaired) electrons. The second-order valence-electron chi connectivity index (χ2n) is 7.73. The van der Waals surface area contributed by atoms with Gasteiger partial charge in [0.1, 0.15) is 17.4 Å². The average Bonchev–Trinajstić information content (AvgIpc) is 3.21. The van der Waals surface area contributed by atoms with Crippen molar-refractivity contribution in [1.29, 1.82) is 0 Å². The van der Waals surface area contributed by atoms with Crippen LogP contribution in [0, 0.1) is 6.92 Å². The van der Waals surface area contributed by atoms with Crippen molar-refractivity contribution < 1.29 is 18.0 Å². The van der Waals surface area contributed by atoms with E-state index in [-0.39, 0.29) is 11.9 Å². The maximum atomic E-state index is 12.7. The Labute approximate surface area is 188 Å². The van der Waals surface area contributed by atoms with E-state index in [9.17, 15) is 18.0 Å². The first-order valence-electron chi connectivity index (χ1n) is 10.4. The lowest BCUT2D eigenvalue weighted by atomic mass is 10.1. The van der Waals surface area contributed by atoms with Crippen molar-refractivity contribution >= 4 is 23.4 Å². The first kappa shape index (κ1) is 22.5. The number of hydrogen-bond acceptors (Lipinski definition) is 7. The van der Waals surface area contributed by atoms with E-state index in [0.29, 0.717) is 48.3 Å². The maximum absolute atomic E-state index is 12.7. The molecule has 1 atom stereocenters. The summed E-state index contributed by atoms with van der Waals surface area (Å²) in [6, 6.07) is 2.01. The molecule has 3 aromatic rings. The zero-order chi connectivity index (χ0) is 23.8. The summed E-state index contributed by atoms with van der Waals surface area (Å²) in [5.74, 6) is 1.00. The Kier molecular flexibility index (Phi) is 5.91. The molecule has 4 rings (SSSR count). The fourth-order valence-electron chi connectivity index (χ4n) is 3.61. The molecule has 3 aromatic heterocycles. The molecule has 0 bridgehead atoms. The number of nitrogens with zero attached hydrogens (tertiary/aromatic N) is 6. The lowest BCUT2D eigenvalue weighted by molar-refractivity contribution is -0.141. The number of carbonyl (C=O) groups excluding carboxylic acids is 1. The van der Waals surface area contributed by atoms with E-state index < -0.39 is 11.9 Å². The van der Waals surface area contributed by atoms with Crippen LogP contribution in [0.4, 0.5) is 30.6 Å². The number of halogens is 3. The van der Waals surface area contributed by atoms with Crippen molar-refractivity contribution in [1.82, 2.24) is 24.7 Å². The Balaban J connectivity index is 1.43. The lowest BCUT2D eigenvalue weighted by Crippen LogP contribution is -2.47. The first-order chi connectivity index (χ1) is 15.7. The second-order valence-corrected chi connectivity index (χ2v) is 7.73. The van der Waals surface area contributed by atoms with Crippen LogP contribution >= 0.6 is 0 Å². The van der Waals surface area contributed by atoms with Crippen LogP contribution in [0.15, 0.2) is 30.7 Å². The first-order valence-corrected chi connectivity index (χ1v) is 10.4. The van der Waals surface area contributed by atoms with Gasteiger partial charge in [-0.15, -0.1) is 0 Å². The Morgan fingerprint density at radius 3 is 2.64 bits per heavy atom. The third kappa shape index (κ3) is 4.73. The number of anilines is 3. The van der Waals surface area contributed by atoms with Crippen molar-refractivity contribution in [3.63, 3.8) is 0 Å². The number of alkyl halides is 3. The van der Waals surface area contributed by atoms with Crippen molar-refractivity contribution in [3.8, 4) is 0 Å². The van der Waals surface area contributed by atoms with Crippen LogP contribution in [0.2, 0.25) is 0 Å². The molecule has 1 amide bonds. The van der Waals surface area contributed by atoms with E-state index in [4.69, 9.17) is 0 Å². The van der Waals surface area contributed by atoms with Gasteiger partial charge in [0, 0.05) is 31.0 Å². The number of rotatable bonds is 6. The molecule has 33 heavy (non-hydrogen) atoms. The van der Waals surface area contributed by atoms with Gasteiger partial charge in [-0.05, 0) is 32.4 Å². The summed E-state index contributed by atoms with van der Waals surface area (Å²) in [5, 5.41) is 10.3. The number of hydrogen-bond donors (Lipinski definition) is 2. The van der Waals surface area contributed by atoms with Crippen LogP contribution in [-0.4, -0.2) is 43.2 Å². The van der Waals surface area contributed by atoms with E-state index in [1.165, 1.54) is 12.3 Å². The van der Waals surface area contributed by atoms with E-state index in [2.05, 4.69) is 30.7 Å². The molecule has 1 aliphatic heterocycles. The van der Waals surface area contributed by atoms with Crippen molar-refractivity contribution in [2.45, 2.75) is 46.1 Å². The Morgan fingerprint density at radius 2 is 1.97 bits per heavy atom. The summed E-state index contributed by atoms with van der Waals surface area (Å²) >= 11 is 0. The van der Waals surface area contributed by atoms with Crippen LogP contribution < -0.4 is 15.5 Å². The molecule has 12 heteroatoms. The number of amides is 1. The highest BCUT2D eigenvalue weighted by atomic mass is 19.4. The number of aryl methyl sites for hydroxylation is 1. The lowest BCUT2D eigenvalue weighted by Gasteiger charge is -2.34. The third-order valence-electron chi connectivity index (χ3n) is 5.38. The largest absolute Gasteiger partial charge is 0.433 e. The number of likely N-dealkylation sites (N-methyl/N-ethyl adjacent to an activating group) is 1. The molecule has 4 heterocycles. The summed E-state index contributed by atoms with van der Waals surface area (Å²) in [4.78, 5) is 26.6. The van der Waals surface area contributed by atoms with Gasteiger partial charge in [-0.1, -0.05) is 6.07 Å². The zero-order valence-electron chi connectivity index (χ0n) is 18.3.